The molecule has 0 atom stereocenters. The van der Waals surface area contributed by atoms with Crippen LogP contribution in [0.15, 0.2) is 10.7 Å². The van der Waals surface area contributed by atoms with Crippen LogP contribution < -0.4 is 5.73 Å². The molecule has 0 bridgehead atoms. The summed E-state index contributed by atoms with van der Waals surface area (Å²) in [6.45, 7) is 0. The van der Waals surface area contributed by atoms with Gasteiger partial charge in [0, 0.05) is 6.26 Å². The van der Waals surface area contributed by atoms with Crippen LogP contribution in [0.2, 0.25) is 0 Å². The lowest BCUT2D eigenvalue weighted by molar-refractivity contribution is 0.393. The summed E-state index contributed by atoms with van der Waals surface area (Å²) in [5, 5.41) is 3.34. The van der Waals surface area contributed by atoms with Crippen LogP contribution >= 0.6 is 0 Å². The molecule has 1 heterocycles. The van der Waals surface area contributed by atoms with Crippen LogP contribution in [-0.2, 0) is 15.6 Å². The summed E-state index contributed by atoms with van der Waals surface area (Å²) in [5.41, 5.74) is 5.60. The minimum absolute atomic E-state index is 0.196. The highest BCUT2D eigenvalue weighted by Gasteiger charge is 2.11. The standard InChI is InChI=1S/C5H8N2O3S/c1-11(8,9)3-5-4(6)2-7-10-5/h2H,3,6H2,1H3. The highest BCUT2D eigenvalue weighted by atomic mass is 32.2. The van der Waals surface area contributed by atoms with Crippen molar-refractivity contribution in [2.75, 3.05) is 12.0 Å². The molecule has 0 saturated heterocycles. The number of nitrogen functional groups attached to an aromatic ring is 1. The van der Waals surface area contributed by atoms with Crippen molar-refractivity contribution in [1.82, 2.24) is 5.16 Å². The molecular formula is C5H8N2O3S. The van der Waals surface area contributed by atoms with E-state index < -0.39 is 9.84 Å². The zero-order valence-corrected chi connectivity index (χ0v) is 6.76. The molecule has 1 rings (SSSR count). The second-order valence-electron chi connectivity index (χ2n) is 2.27. The van der Waals surface area contributed by atoms with Crippen molar-refractivity contribution in [3.05, 3.63) is 12.0 Å². The third-order valence-electron chi connectivity index (χ3n) is 1.07. The normalized spacial score (nSPS) is 11.7. The third-order valence-corrected chi connectivity index (χ3v) is 1.86. The lowest BCUT2D eigenvalue weighted by Gasteiger charge is -1.92. The molecule has 1 aromatic rings. The second-order valence-corrected chi connectivity index (χ2v) is 4.41. The molecule has 0 aliphatic rings. The maximum Gasteiger partial charge on any atom is 0.174 e. The van der Waals surface area contributed by atoms with Crippen molar-refractivity contribution >= 4 is 15.5 Å². The minimum Gasteiger partial charge on any atom is -0.395 e. The lowest BCUT2D eigenvalue weighted by atomic mass is 10.4. The Bertz CT molecular complexity index is 340. The highest BCUT2D eigenvalue weighted by Crippen LogP contribution is 2.12. The number of nitrogens with zero attached hydrogens (tertiary/aromatic N) is 1. The van der Waals surface area contributed by atoms with Crippen molar-refractivity contribution < 1.29 is 12.9 Å². The summed E-state index contributed by atoms with van der Waals surface area (Å²) < 4.78 is 26.0. The molecule has 2 N–H and O–H groups in total. The minimum atomic E-state index is -3.08. The quantitative estimate of drug-likeness (QED) is 0.674. The monoisotopic (exact) mass is 176 g/mol. The summed E-state index contributed by atoms with van der Waals surface area (Å²) in [6, 6.07) is 0. The van der Waals surface area contributed by atoms with Crippen LogP contribution in [0.1, 0.15) is 5.76 Å². The van der Waals surface area contributed by atoms with Gasteiger partial charge in [-0.15, -0.1) is 0 Å². The summed E-state index contributed by atoms with van der Waals surface area (Å²) in [4.78, 5) is 0. The van der Waals surface area contributed by atoms with Crippen LogP contribution in [0.5, 0.6) is 0 Å². The number of aromatic nitrogens is 1. The number of anilines is 1. The van der Waals surface area contributed by atoms with E-state index in [1.165, 1.54) is 6.20 Å². The van der Waals surface area contributed by atoms with E-state index in [0.717, 1.165) is 6.26 Å². The van der Waals surface area contributed by atoms with Gasteiger partial charge in [0.2, 0.25) is 0 Å². The Labute approximate surface area is 64.1 Å². The van der Waals surface area contributed by atoms with Crippen molar-refractivity contribution in [2.45, 2.75) is 5.75 Å². The fraction of sp³-hybridized carbons (Fsp3) is 0.400. The van der Waals surface area contributed by atoms with Gasteiger partial charge in [-0.1, -0.05) is 5.16 Å². The molecule has 0 aliphatic heterocycles. The Morgan fingerprint density at radius 1 is 1.73 bits per heavy atom. The van der Waals surface area contributed by atoms with Gasteiger partial charge in [0.25, 0.3) is 0 Å². The van der Waals surface area contributed by atoms with Gasteiger partial charge in [-0.2, -0.15) is 0 Å². The molecule has 0 fully saturated rings. The maximum absolute atomic E-state index is 10.7. The first kappa shape index (κ1) is 8.06. The molecule has 1 aromatic heterocycles. The van der Waals surface area contributed by atoms with Crippen LogP contribution in [0.4, 0.5) is 5.69 Å². The molecule has 6 heteroatoms. The van der Waals surface area contributed by atoms with Gasteiger partial charge in [-0.25, -0.2) is 8.42 Å². The van der Waals surface area contributed by atoms with E-state index in [4.69, 9.17) is 5.73 Å². The van der Waals surface area contributed by atoms with Crippen LogP contribution in [-0.4, -0.2) is 19.8 Å². The molecule has 0 spiro atoms. The second kappa shape index (κ2) is 2.54. The summed E-state index contributed by atoms with van der Waals surface area (Å²) >= 11 is 0. The van der Waals surface area contributed by atoms with Gasteiger partial charge < -0.3 is 10.3 Å². The van der Waals surface area contributed by atoms with E-state index in [-0.39, 0.29) is 17.2 Å². The first-order valence-corrected chi connectivity index (χ1v) is 4.92. The Balaban J connectivity index is 2.89. The Morgan fingerprint density at radius 2 is 2.36 bits per heavy atom. The van der Waals surface area contributed by atoms with E-state index >= 15 is 0 Å². The number of sulfone groups is 1. The van der Waals surface area contributed by atoms with Gasteiger partial charge in [0.05, 0.1) is 11.9 Å². The van der Waals surface area contributed by atoms with E-state index in [1.54, 1.807) is 0 Å². The molecule has 0 aromatic carbocycles. The maximum atomic E-state index is 10.7. The predicted molar refractivity (Wildman–Crippen MR) is 39.5 cm³/mol. The van der Waals surface area contributed by atoms with Crippen molar-refractivity contribution in [3.63, 3.8) is 0 Å². The molecule has 0 unspecified atom stereocenters. The summed E-state index contributed by atoms with van der Waals surface area (Å²) in [6.07, 6.45) is 2.38. The van der Waals surface area contributed by atoms with Gasteiger partial charge >= 0.3 is 0 Å². The molecular weight excluding hydrogens is 168 g/mol. The van der Waals surface area contributed by atoms with Crippen LogP contribution in [0.3, 0.4) is 0 Å². The smallest absolute Gasteiger partial charge is 0.174 e. The summed E-state index contributed by atoms with van der Waals surface area (Å²) in [7, 11) is -3.08. The molecule has 5 nitrogen and oxygen atoms in total. The van der Waals surface area contributed by atoms with Crippen molar-refractivity contribution in [2.24, 2.45) is 0 Å². The number of rotatable bonds is 2. The Hall–Kier alpha value is -1.04. The molecule has 0 aliphatic carbocycles. The number of nitrogens with two attached hydrogens (primary N) is 1. The Morgan fingerprint density at radius 3 is 2.73 bits per heavy atom. The van der Waals surface area contributed by atoms with Gasteiger partial charge in [0.15, 0.2) is 15.6 Å². The molecule has 0 amide bonds. The Kier molecular flexibility index (Phi) is 1.86. The summed E-state index contributed by atoms with van der Waals surface area (Å²) in [5.74, 6) is 0.00579. The van der Waals surface area contributed by atoms with Gasteiger partial charge in [0.1, 0.15) is 5.75 Å². The fourth-order valence-electron chi connectivity index (χ4n) is 0.619. The van der Waals surface area contributed by atoms with Gasteiger partial charge in [-0.05, 0) is 0 Å². The molecule has 11 heavy (non-hydrogen) atoms. The SMILES string of the molecule is CS(=O)(=O)Cc1oncc1N. The predicted octanol–water partition coefficient (Wildman–Crippen LogP) is -0.199. The van der Waals surface area contributed by atoms with E-state index in [2.05, 4.69) is 9.68 Å². The first-order valence-electron chi connectivity index (χ1n) is 2.86. The van der Waals surface area contributed by atoms with Gasteiger partial charge in [-0.3, -0.25) is 0 Å². The van der Waals surface area contributed by atoms with E-state index in [9.17, 15) is 8.42 Å². The van der Waals surface area contributed by atoms with Crippen LogP contribution in [0.25, 0.3) is 0 Å². The molecule has 0 radical (unpaired) electrons. The zero-order valence-electron chi connectivity index (χ0n) is 5.94. The lowest BCUT2D eigenvalue weighted by Crippen LogP contribution is -2.01. The van der Waals surface area contributed by atoms with E-state index in [1.807, 2.05) is 0 Å². The number of hydrogen-bond acceptors (Lipinski definition) is 5. The van der Waals surface area contributed by atoms with Crippen molar-refractivity contribution in [3.8, 4) is 0 Å². The topological polar surface area (TPSA) is 86.2 Å². The van der Waals surface area contributed by atoms with Crippen LogP contribution in [0, 0.1) is 0 Å². The molecule has 62 valence electrons. The third kappa shape index (κ3) is 2.23. The fourth-order valence-corrected chi connectivity index (χ4v) is 1.31. The molecule has 0 saturated carbocycles. The highest BCUT2D eigenvalue weighted by molar-refractivity contribution is 7.89. The largest absolute Gasteiger partial charge is 0.395 e. The van der Waals surface area contributed by atoms with E-state index in [0.29, 0.717) is 0 Å². The average molecular weight is 176 g/mol. The first-order chi connectivity index (χ1) is 4.99. The average Bonchev–Trinajstić information content (AvgIpc) is 2.12. The number of hydrogen-bond donors (Lipinski definition) is 1. The van der Waals surface area contributed by atoms with Crippen molar-refractivity contribution in [1.29, 1.82) is 0 Å². The zero-order chi connectivity index (χ0) is 8.48.